The Kier molecular flexibility index (Phi) is 4.86. The average Bonchev–Trinajstić information content (AvgIpc) is 2.69. The predicted octanol–water partition coefficient (Wildman–Crippen LogP) is 2.06. The Morgan fingerprint density at radius 2 is 1.85 bits per heavy atom. The van der Waals surface area contributed by atoms with Gasteiger partial charge in [0, 0.05) is 27.1 Å². The van der Waals surface area contributed by atoms with Crippen molar-refractivity contribution < 1.29 is 24.1 Å². The Labute approximate surface area is 119 Å². The lowest BCUT2D eigenvalue weighted by Crippen LogP contribution is -2.29. The minimum atomic E-state index is -1.07. The van der Waals surface area contributed by atoms with Crippen LogP contribution in [0.5, 0.6) is 11.5 Å². The molecule has 0 aromatic heterocycles. The molecule has 1 aliphatic heterocycles. The summed E-state index contributed by atoms with van der Waals surface area (Å²) < 4.78 is 21.5. The van der Waals surface area contributed by atoms with Crippen LogP contribution in [-0.4, -0.2) is 38.8 Å². The van der Waals surface area contributed by atoms with Crippen molar-refractivity contribution in [2.45, 2.75) is 31.7 Å². The first-order valence-corrected chi connectivity index (χ1v) is 6.75. The first kappa shape index (κ1) is 15.1. The van der Waals surface area contributed by atoms with Gasteiger partial charge in [-0.05, 0) is 24.6 Å². The largest absolute Gasteiger partial charge is 0.490 e. The van der Waals surface area contributed by atoms with Crippen molar-refractivity contribution in [2.75, 3.05) is 27.4 Å². The third-order valence-electron chi connectivity index (χ3n) is 3.46. The number of methoxy groups -OCH3 is 2. The molecule has 1 unspecified atom stereocenters. The number of fused-ring (bicyclic) bond motifs is 1. The standard InChI is InChI=1S/C15H22O5/c1-15(16,10-14(17-2)18-3)11-5-6-12-13(9-11)20-8-4-7-19-12/h5-6,9,14,16H,4,7-8,10H2,1-3H3. The minimum Gasteiger partial charge on any atom is -0.490 e. The van der Waals surface area contributed by atoms with Crippen LogP contribution in [0, 0.1) is 0 Å². The summed E-state index contributed by atoms with van der Waals surface area (Å²) in [7, 11) is 3.11. The van der Waals surface area contributed by atoms with Gasteiger partial charge in [-0.2, -0.15) is 0 Å². The van der Waals surface area contributed by atoms with Crippen molar-refractivity contribution in [3.8, 4) is 11.5 Å². The predicted molar refractivity (Wildman–Crippen MR) is 74.0 cm³/mol. The van der Waals surface area contributed by atoms with Gasteiger partial charge >= 0.3 is 0 Å². The van der Waals surface area contributed by atoms with Crippen LogP contribution in [0.25, 0.3) is 0 Å². The number of hydrogen-bond donors (Lipinski definition) is 1. The van der Waals surface area contributed by atoms with Crippen LogP contribution >= 0.6 is 0 Å². The summed E-state index contributed by atoms with van der Waals surface area (Å²) in [4.78, 5) is 0. The van der Waals surface area contributed by atoms with Gasteiger partial charge in [-0.15, -0.1) is 0 Å². The van der Waals surface area contributed by atoms with Gasteiger partial charge in [0.05, 0.1) is 18.8 Å². The number of rotatable bonds is 5. The molecule has 0 saturated heterocycles. The summed E-state index contributed by atoms with van der Waals surface area (Å²) in [6, 6.07) is 5.50. The summed E-state index contributed by atoms with van der Waals surface area (Å²) in [5.74, 6) is 1.39. The zero-order valence-corrected chi connectivity index (χ0v) is 12.2. The van der Waals surface area contributed by atoms with Gasteiger partial charge in [-0.1, -0.05) is 6.07 Å². The molecule has 0 amide bonds. The number of ether oxygens (including phenoxy) is 4. The van der Waals surface area contributed by atoms with Crippen molar-refractivity contribution in [1.29, 1.82) is 0 Å². The Balaban J connectivity index is 2.21. The van der Waals surface area contributed by atoms with E-state index >= 15 is 0 Å². The van der Waals surface area contributed by atoms with Crippen molar-refractivity contribution in [1.82, 2.24) is 0 Å². The van der Waals surface area contributed by atoms with E-state index in [9.17, 15) is 5.11 Å². The quantitative estimate of drug-likeness (QED) is 0.838. The van der Waals surface area contributed by atoms with Crippen LogP contribution in [0.1, 0.15) is 25.3 Å². The van der Waals surface area contributed by atoms with E-state index in [1.165, 1.54) is 0 Å². The summed E-state index contributed by atoms with van der Waals surface area (Å²) in [6.45, 7) is 3.01. The first-order valence-electron chi connectivity index (χ1n) is 6.75. The fourth-order valence-corrected chi connectivity index (χ4v) is 2.20. The molecule has 0 bridgehead atoms. The molecule has 5 heteroatoms. The topological polar surface area (TPSA) is 57.2 Å². The van der Waals surface area contributed by atoms with E-state index < -0.39 is 11.9 Å². The third-order valence-corrected chi connectivity index (χ3v) is 3.46. The molecule has 1 heterocycles. The second-order valence-electron chi connectivity index (χ2n) is 5.09. The maximum absolute atomic E-state index is 10.6. The van der Waals surface area contributed by atoms with Crippen LogP contribution in [0.3, 0.4) is 0 Å². The van der Waals surface area contributed by atoms with Gasteiger partial charge in [-0.25, -0.2) is 0 Å². The third kappa shape index (κ3) is 3.42. The number of aliphatic hydroxyl groups is 1. The first-order chi connectivity index (χ1) is 9.56. The Hall–Kier alpha value is -1.30. The number of hydrogen-bond acceptors (Lipinski definition) is 5. The second kappa shape index (κ2) is 6.43. The molecule has 112 valence electrons. The van der Waals surface area contributed by atoms with E-state index in [1.807, 2.05) is 18.2 Å². The van der Waals surface area contributed by atoms with E-state index in [4.69, 9.17) is 18.9 Å². The lowest BCUT2D eigenvalue weighted by molar-refractivity contribution is -0.142. The van der Waals surface area contributed by atoms with Gasteiger partial charge in [0.25, 0.3) is 0 Å². The zero-order valence-electron chi connectivity index (χ0n) is 12.2. The Bertz CT molecular complexity index is 440. The normalized spacial score (nSPS) is 17.6. The molecule has 0 spiro atoms. The smallest absolute Gasteiger partial charge is 0.161 e. The molecule has 1 aliphatic rings. The Morgan fingerprint density at radius 1 is 1.20 bits per heavy atom. The van der Waals surface area contributed by atoms with E-state index in [-0.39, 0.29) is 0 Å². The molecule has 0 radical (unpaired) electrons. The summed E-state index contributed by atoms with van der Waals surface area (Å²) >= 11 is 0. The molecule has 0 fully saturated rings. The highest BCUT2D eigenvalue weighted by Crippen LogP contribution is 2.35. The average molecular weight is 282 g/mol. The Morgan fingerprint density at radius 3 is 2.50 bits per heavy atom. The van der Waals surface area contributed by atoms with Gasteiger partial charge in [0.2, 0.25) is 0 Å². The summed E-state index contributed by atoms with van der Waals surface area (Å²) in [5.41, 5.74) is -0.317. The van der Waals surface area contributed by atoms with Crippen LogP contribution < -0.4 is 9.47 Å². The van der Waals surface area contributed by atoms with Crippen molar-refractivity contribution in [2.24, 2.45) is 0 Å². The van der Waals surface area contributed by atoms with Crippen molar-refractivity contribution in [3.63, 3.8) is 0 Å². The van der Waals surface area contributed by atoms with E-state index in [0.29, 0.717) is 25.4 Å². The molecule has 1 aromatic rings. The maximum Gasteiger partial charge on any atom is 0.161 e. The fraction of sp³-hybridized carbons (Fsp3) is 0.600. The molecule has 2 rings (SSSR count). The monoisotopic (exact) mass is 282 g/mol. The fourth-order valence-electron chi connectivity index (χ4n) is 2.20. The summed E-state index contributed by atoms with van der Waals surface area (Å²) in [6.07, 6.45) is 0.733. The minimum absolute atomic E-state index is 0.333. The van der Waals surface area contributed by atoms with Gasteiger partial charge in [0.1, 0.15) is 0 Å². The molecular weight excluding hydrogens is 260 g/mol. The maximum atomic E-state index is 10.6. The van der Waals surface area contributed by atoms with E-state index in [2.05, 4.69) is 0 Å². The highest BCUT2D eigenvalue weighted by Gasteiger charge is 2.29. The highest BCUT2D eigenvalue weighted by molar-refractivity contribution is 5.44. The van der Waals surface area contributed by atoms with E-state index in [1.54, 1.807) is 21.1 Å². The lowest BCUT2D eigenvalue weighted by atomic mass is 9.92. The molecule has 5 nitrogen and oxygen atoms in total. The van der Waals surface area contributed by atoms with Crippen LogP contribution in [-0.2, 0) is 15.1 Å². The molecule has 0 saturated carbocycles. The second-order valence-corrected chi connectivity index (χ2v) is 5.09. The SMILES string of the molecule is COC(CC(C)(O)c1ccc2c(c1)OCCCO2)OC. The van der Waals surface area contributed by atoms with Gasteiger partial charge in [0.15, 0.2) is 17.8 Å². The van der Waals surface area contributed by atoms with Gasteiger partial charge in [-0.3, -0.25) is 0 Å². The lowest BCUT2D eigenvalue weighted by Gasteiger charge is -2.28. The van der Waals surface area contributed by atoms with Crippen LogP contribution in [0.4, 0.5) is 0 Å². The van der Waals surface area contributed by atoms with Crippen molar-refractivity contribution >= 4 is 0 Å². The molecule has 1 N–H and O–H groups in total. The number of benzene rings is 1. The van der Waals surface area contributed by atoms with Crippen LogP contribution in [0.2, 0.25) is 0 Å². The molecule has 1 atom stereocenters. The molecule has 0 aliphatic carbocycles. The van der Waals surface area contributed by atoms with Crippen LogP contribution in [0.15, 0.2) is 18.2 Å². The summed E-state index contributed by atoms with van der Waals surface area (Å²) in [5, 5.41) is 10.6. The van der Waals surface area contributed by atoms with Gasteiger partial charge < -0.3 is 24.1 Å². The van der Waals surface area contributed by atoms with E-state index in [0.717, 1.165) is 17.7 Å². The molecule has 1 aromatic carbocycles. The molecule has 20 heavy (non-hydrogen) atoms. The zero-order chi connectivity index (χ0) is 14.6. The highest BCUT2D eigenvalue weighted by atomic mass is 16.7. The van der Waals surface area contributed by atoms with Crippen molar-refractivity contribution in [3.05, 3.63) is 23.8 Å². The molecular formula is C15H22O5.